The smallest absolute Gasteiger partial charge is 0.0420 e. The van der Waals surface area contributed by atoms with Crippen LogP contribution in [-0.2, 0) is 5.41 Å². The van der Waals surface area contributed by atoms with Crippen LogP contribution in [0.3, 0.4) is 0 Å². The van der Waals surface area contributed by atoms with Gasteiger partial charge in [-0.05, 0) is 36.0 Å². The van der Waals surface area contributed by atoms with Gasteiger partial charge in [-0.15, -0.1) is 0 Å². The largest absolute Gasteiger partial charge is 0.377 e. The van der Waals surface area contributed by atoms with Gasteiger partial charge in [-0.3, -0.25) is 0 Å². The Morgan fingerprint density at radius 2 is 1.33 bits per heavy atom. The Hall–Kier alpha value is -0.980. The second-order valence-corrected chi connectivity index (χ2v) is 5.60. The van der Waals surface area contributed by atoms with Crippen LogP contribution in [0.1, 0.15) is 37.5 Å². The van der Waals surface area contributed by atoms with E-state index in [9.17, 15) is 0 Å². The highest BCUT2D eigenvalue weighted by Gasteiger charge is 2.16. The van der Waals surface area contributed by atoms with Crippen molar-refractivity contribution in [2.75, 3.05) is 19.0 Å². The molecular formula is C14H23N. The zero-order valence-corrected chi connectivity index (χ0v) is 11.1. The normalized spacial score (nSPS) is 11.7. The maximum atomic E-state index is 2.31. The third-order valence-corrected chi connectivity index (χ3v) is 2.80. The fourth-order valence-corrected chi connectivity index (χ4v) is 2.09. The molecule has 1 aromatic carbocycles. The molecule has 0 N–H and O–H groups in total. The van der Waals surface area contributed by atoms with Crippen LogP contribution in [0.15, 0.2) is 12.1 Å². The lowest BCUT2D eigenvalue weighted by molar-refractivity contribution is 0.589. The summed E-state index contributed by atoms with van der Waals surface area (Å²) in [6, 6.07) is 4.62. The topological polar surface area (TPSA) is 3.24 Å². The highest BCUT2D eigenvalue weighted by atomic mass is 15.1. The SMILES string of the molecule is Cc1cc(C(C)(C)C)cc(C)c1N(C)C. The van der Waals surface area contributed by atoms with Gasteiger partial charge in [-0.25, -0.2) is 0 Å². The van der Waals surface area contributed by atoms with Crippen molar-refractivity contribution in [3.63, 3.8) is 0 Å². The zero-order valence-electron chi connectivity index (χ0n) is 11.1. The first-order valence-electron chi connectivity index (χ1n) is 5.52. The summed E-state index contributed by atoms with van der Waals surface area (Å²) in [6.45, 7) is 11.2. The molecular weight excluding hydrogens is 182 g/mol. The van der Waals surface area contributed by atoms with Gasteiger partial charge in [0, 0.05) is 19.8 Å². The monoisotopic (exact) mass is 205 g/mol. The third-order valence-electron chi connectivity index (χ3n) is 2.80. The van der Waals surface area contributed by atoms with Crippen LogP contribution in [0.4, 0.5) is 5.69 Å². The molecule has 0 saturated carbocycles. The van der Waals surface area contributed by atoms with Crippen LogP contribution in [0.25, 0.3) is 0 Å². The fourth-order valence-electron chi connectivity index (χ4n) is 2.09. The van der Waals surface area contributed by atoms with Gasteiger partial charge in [0.25, 0.3) is 0 Å². The summed E-state index contributed by atoms with van der Waals surface area (Å²) in [5.41, 5.74) is 5.74. The first kappa shape index (κ1) is 12.1. The molecule has 0 heterocycles. The molecule has 0 fully saturated rings. The Balaban J connectivity index is 3.32. The zero-order chi connectivity index (χ0) is 11.8. The van der Waals surface area contributed by atoms with Crippen molar-refractivity contribution in [2.24, 2.45) is 0 Å². The molecule has 0 radical (unpaired) electrons. The highest BCUT2D eigenvalue weighted by Crippen LogP contribution is 2.30. The number of hydrogen-bond acceptors (Lipinski definition) is 1. The molecule has 0 aromatic heterocycles. The van der Waals surface area contributed by atoms with Gasteiger partial charge in [0.2, 0.25) is 0 Å². The van der Waals surface area contributed by atoms with Crippen LogP contribution in [0.5, 0.6) is 0 Å². The van der Waals surface area contributed by atoms with Gasteiger partial charge in [0.1, 0.15) is 0 Å². The third kappa shape index (κ3) is 2.53. The average Bonchev–Trinajstić information content (AvgIpc) is 1.99. The summed E-state index contributed by atoms with van der Waals surface area (Å²) in [5.74, 6) is 0. The summed E-state index contributed by atoms with van der Waals surface area (Å²) in [6.07, 6.45) is 0. The van der Waals surface area contributed by atoms with Gasteiger partial charge in [0.05, 0.1) is 0 Å². The highest BCUT2D eigenvalue weighted by molar-refractivity contribution is 5.60. The minimum absolute atomic E-state index is 0.236. The molecule has 0 aliphatic carbocycles. The first-order valence-corrected chi connectivity index (χ1v) is 5.52. The summed E-state index contributed by atoms with van der Waals surface area (Å²) in [4.78, 5) is 2.19. The second kappa shape index (κ2) is 3.88. The predicted molar refractivity (Wildman–Crippen MR) is 68.9 cm³/mol. The van der Waals surface area contributed by atoms with Crippen LogP contribution in [-0.4, -0.2) is 14.1 Å². The van der Waals surface area contributed by atoms with Crippen molar-refractivity contribution in [2.45, 2.75) is 40.0 Å². The molecule has 0 bridgehead atoms. The van der Waals surface area contributed by atoms with E-state index in [1.807, 2.05) is 0 Å². The molecule has 0 unspecified atom stereocenters. The van der Waals surface area contributed by atoms with Crippen molar-refractivity contribution < 1.29 is 0 Å². The Bertz CT molecular complexity index is 333. The Labute approximate surface area is 94.1 Å². The van der Waals surface area contributed by atoms with Crippen molar-refractivity contribution in [3.8, 4) is 0 Å². The lowest BCUT2D eigenvalue weighted by Crippen LogP contribution is -2.16. The van der Waals surface area contributed by atoms with Crippen molar-refractivity contribution >= 4 is 5.69 Å². The molecule has 1 rings (SSSR count). The molecule has 0 spiro atoms. The lowest BCUT2D eigenvalue weighted by atomic mass is 9.84. The molecule has 1 aromatic rings. The lowest BCUT2D eigenvalue weighted by Gasteiger charge is -2.25. The molecule has 0 amide bonds. The van der Waals surface area contributed by atoms with E-state index in [1.54, 1.807) is 0 Å². The van der Waals surface area contributed by atoms with Crippen molar-refractivity contribution in [3.05, 3.63) is 28.8 Å². The molecule has 0 saturated heterocycles. The summed E-state index contributed by atoms with van der Waals surface area (Å²) in [7, 11) is 4.21. The number of nitrogens with zero attached hydrogens (tertiary/aromatic N) is 1. The average molecular weight is 205 g/mol. The van der Waals surface area contributed by atoms with E-state index >= 15 is 0 Å². The number of hydrogen-bond donors (Lipinski definition) is 0. The Morgan fingerprint density at radius 1 is 0.933 bits per heavy atom. The number of anilines is 1. The van der Waals surface area contributed by atoms with E-state index in [0.717, 1.165) is 0 Å². The van der Waals surface area contributed by atoms with Crippen LogP contribution in [0.2, 0.25) is 0 Å². The van der Waals surface area contributed by atoms with E-state index < -0.39 is 0 Å². The van der Waals surface area contributed by atoms with Gasteiger partial charge >= 0.3 is 0 Å². The summed E-state index contributed by atoms with van der Waals surface area (Å²) >= 11 is 0. The molecule has 1 heteroatoms. The Morgan fingerprint density at radius 3 is 1.60 bits per heavy atom. The van der Waals surface area contributed by atoms with E-state index in [2.05, 4.69) is 65.7 Å². The van der Waals surface area contributed by atoms with Gasteiger partial charge < -0.3 is 4.90 Å². The maximum Gasteiger partial charge on any atom is 0.0420 e. The predicted octanol–water partition coefficient (Wildman–Crippen LogP) is 3.67. The van der Waals surface area contributed by atoms with E-state index in [4.69, 9.17) is 0 Å². The minimum atomic E-state index is 0.236. The van der Waals surface area contributed by atoms with Crippen molar-refractivity contribution in [1.29, 1.82) is 0 Å². The summed E-state index contributed by atoms with van der Waals surface area (Å²) in [5, 5.41) is 0. The minimum Gasteiger partial charge on any atom is -0.377 e. The second-order valence-electron chi connectivity index (χ2n) is 5.60. The van der Waals surface area contributed by atoms with Gasteiger partial charge in [-0.1, -0.05) is 32.9 Å². The van der Waals surface area contributed by atoms with Gasteiger partial charge in [-0.2, -0.15) is 0 Å². The Kier molecular flexibility index (Phi) is 3.13. The fraction of sp³-hybridized carbons (Fsp3) is 0.571. The quantitative estimate of drug-likeness (QED) is 0.676. The van der Waals surface area contributed by atoms with Crippen LogP contribution < -0.4 is 4.90 Å². The van der Waals surface area contributed by atoms with Gasteiger partial charge in [0.15, 0.2) is 0 Å². The molecule has 0 aliphatic rings. The maximum absolute atomic E-state index is 2.31. The molecule has 15 heavy (non-hydrogen) atoms. The van der Waals surface area contributed by atoms with Crippen molar-refractivity contribution in [1.82, 2.24) is 0 Å². The van der Waals surface area contributed by atoms with Crippen LogP contribution >= 0.6 is 0 Å². The molecule has 84 valence electrons. The molecule has 0 aliphatic heterocycles. The molecule has 1 nitrogen and oxygen atoms in total. The summed E-state index contributed by atoms with van der Waals surface area (Å²) < 4.78 is 0. The molecule has 0 atom stereocenters. The van der Waals surface area contributed by atoms with E-state index in [-0.39, 0.29) is 5.41 Å². The van der Waals surface area contributed by atoms with E-state index in [0.29, 0.717) is 0 Å². The number of benzene rings is 1. The standard InChI is InChI=1S/C14H23N/c1-10-8-12(14(3,4)5)9-11(2)13(10)15(6)7/h8-9H,1-7H3. The van der Waals surface area contributed by atoms with E-state index in [1.165, 1.54) is 22.4 Å². The van der Waals surface area contributed by atoms with Crippen LogP contribution in [0, 0.1) is 13.8 Å². The number of rotatable bonds is 1. The first-order chi connectivity index (χ1) is 6.73. The number of aryl methyl sites for hydroxylation is 2.